The number of benzene rings is 1. The Bertz CT molecular complexity index is 816. The van der Waals surface area contributed by atoms with Gasteiger partial charge in [0.15, 0.2) is 0 Å². The van der Waals surface area contributed by atoms with Gasteiger partial charge in [-0.3, -0.25) is 9.59 Å². The number of thiazole rings is 1. The van der Waals surface area contributed by atoms with Gasteiger partial charge in [-0.2, -0.15) is 0 Å². The van der Waals surface area contributed by atoms with Crippen LogP contribution in [0.2, 0.25) is 0 Å². The molecule has 0 bridgehead atoms. The third kappa shape index (κ3) is 4.05. The fourth-order valence-corrected chi connectivity index (χ4v) is 4.50. The third-order valence-corrected chi connectivity index (χ3v) is 6.29. The minimum absolute atomic E-state index is 0.0398. The van der Waals surface area contributed by atoms with Crippen LogP contribution in [0.3, 0.4) is 0 Å². The normalized spacial score (nSPS) is 19.7. The smallest absolute Gasteiger partial charge is 0.245 e. The van der Waals surface area contributed by atoms with Crippen LogP contribution in [0.25, 0.3) is 10.6 Å². The van der Waals surface area contributed by atoms with E-state index in [2.05, 4.69) is 4.98 Å². The van der Waals surface area contributed by atoms with Gasteiger partial charge in [-0.1, -0.05) is 30.3 Å². The fraction of sp³-hybridized carbons (Fsp3) is 0.476. The summed E-state index contributed by atoms with van der Waals surface area (Å²) in [5.41, 5.74) is 1.99. The number of hydrogen-bond acceptors (Lipinski definition) is 4. The second-order valence-electron chi connectivity index (χ2n) is 7.52. The van der Waals surface area contributed by atoms with Crippen molar-refractivity contribution in [2.24, 2.45) is 5.92 Å². The van der Waals surface area contributed by atoms with Crippen LogP contribution >= 0.6 is 11.3 Å². The molecule has 0 N–H and O–H groups in total. The van der Waals surface area contributed by atoms with E-state index in [9.17, 15) is 9.59 Å². The van der Waals surface area contributed by atoms with Crippen molar-refractivity contribution in [3.63, 3.8) is 0 Å². The first-order valence-electron chi connectivity index (χ1n) is 9.69. The van der Waals surface area contributed by atoms with Crippen molar-refractivity contribution in [3.8, 4) is 10.6 Å². The van der Waals surface area contributed by atoms with Gasteiger partial charge in [0.1, 0.15) is 11.0 Å². The lowest BCUT2D eigenvalue weighted by Gasteiger charge is -2.36. The zero-order valence-corrected chi connectivity index (χ0v) is 16.5. The first-order valence-corrected chi connectivity index (χ1v) is 10.6. The van der Waals surface area contributed by atoms with Crippen LogP contribution in [0.5, 0.6) is 0 Å². The molecular weight excluding hydrogens is 358 g/mol. The number of carbonyl (C=O) groups is 2. The molecule has 2 aromatic rings. The van der Waals surface area contributed by atoms with Crippen molar-refractivity contribution in [3.05, 3.63) is 41.4 Å². The summed E-state index contributed by atoms with van der Waals surface area (Å²) in [7, 11) is 1.82. The Morgan fingerprint density at radius 3 is 2.70 bits per heavy atom. The predicted octanol–water partition coefficient (Wildman–Crippen LogP) is 3.56. The highest BCUT2D eigenvalue weighted by atomic mass is 32.1. The second kappa shape index (κ2) is 7.80. The Labute approximate surface area is 164 Å². The van der Waals surface area contributed by atoms with Crippen molar-refractivity contribution in [2.75, 3.05) is 13.6 Å². The summed E-state index contributed by atoms with van der Waals surface area (Å²) >= 11 is 1.60. The molecule has 0 radical (unpaired) electrons. The number of rotatable bonds is 5. The number of amides is 2. The van der Waals surface area contributed by atoms with Gasteiger partial charge in [0.05, 0.1) is 12.2 Å². The van der Waals surface area contributed by atoms with Crippen LogP contribution in [0.15, 0.2) is 35.7 Å². The molecule has 0 spiro atoms. The van der Waals surface area contributed by atoms with E-state index in [0.717, 1.165) is 48.4 Å². The third-order valence-electron chi connectivity index (χ3n) is 5.35. The predicted molar refractivity (Wildman–Crippen MR) is 106 cm³/mol. The minimum Gasteiger partial charge on any atom is -0.338 e. The topological polar surface area (TPSA) is 53.5 Å². The van der Waals surface area contributed by atoms with Gasteiger partial charge in [-0.15, -0.1) is 11.3 Å². The Morgan fingerprint density at radius 1 is 1.19 bits per heavy atom. The highest BCUT2D eigenvalue weighted by Crippen LogP contribution is 2.33. The van der Waals surface area contributed by atoms with Gasteiger partial charge >= 0.3 is 0 Å². The summed E-state index contributed by atoms with van der Waals surface area (Å²) < 4.78 is 0. The maximum atomic E-state index is 13.0. The Morgan fingerprint density at radius 2 is 1.96 bits per heavy atom. The van der Waals surface area contributed by atoms with Gasteiger partial charge in [0, 0.05) is 30.5 Å². The monoisotopic (exact) mass is 383 g/mol. The number of hydrogen-bond donors (Lipinski definition) is 0. The van der Waals surface area contributed by atoms with E-state index in [0.29, 0.717) is 13.1 Å². The van der Waals surface area contributed by atoms with E-state index in [1.165, 1.54) is 0 Å². The quantitative estimate of drug-likeness (QED) is 0.793. The fourth-order valence-electron chi connectivity index (χ4n) is 3.69. The lowest BCUT2D eigenvalue weighted by Crippen LogP contribution is -2.52. The molecule has 1 aromatic carbocycles. The Kier molecular flexibility index (Phi) is 5.25. The number of piperidine rings is 1. The summed E-state index contributed by atoms with van der Waals surface area (Å²) in [6.45, 7) is 1.19. The number of nitrogens with zero attached hydrogens (tertiary/aromatic N) is 3. The molecule has 1 aliphatic carbocycles. The number of aromatic nitrogens is 1. The molecule has 1 atom stereocenters. The highest BCUT2D eigenvalue weighted by Gasteiger charge is 2.40. The highest BCUT2D eigenvalue weighted by molar-refractivity contribution is 7.13. The minimum atomic E-state index is -0.302. The molecule has 1 aliphatic heterocycles. The summed E-state index contributed by atoms with van der Waals surface area (Å²) in [4.78, 5) is 33.9. The van der Waals surface area contributed by atoms with E-state index < -0.39 is 0 Å². The molecule has 142 valence electrons. The number of likely N-dealkylation sites (tertiary alicyclic amines) is 1. The van der Waals surface area contributed by atoms with Gasteiger partial charge < -0.3 is 9.80 Å². The van der Waals surface area contributed by atoms with Gasteiger partial charge in [-0.25, -0.2) is 4.98 Å². The molecule has 2 fully saturated rings. The van der Waals surface area contributed by atoms with E-state index in [-0.39, 0.29) is 23.8 Å². The molecule has 0 unspecified atom stereocenters. The zero-order chi connectivity index (χ0) is 18.8. The second-order valence-corrected chi connectivity index (χ2v) is 8.38. The largest absolute Gasteiger partial charge is 0.338 e. The first-order chi connectivity index (χ1) is 13.1. The van der Waals surface area contributed by atoms with Crippen molar-refractivity contribution in [1.82, 2.24) is 14.8 Å². The lowest BCUT2D eigenvalue weighted by molar-refractivity contribution is -0.148. The van der Waals surface area contributed by atoms with Crippen molar-refractivity contribution in [2.45, 2.75) is 44.7 Å². The molecule has 1 saturated carbocycles. The first kappa shape index (κ1) is 18.2. The Hall–Kier alpha value is -2.21. The average molecular weight is 384 g/mol. The van der Waals surface area contributed by atoms with E-state index >= 15 is 0 Å². The van der Waals surface area contributed by atoms with Crippen LogP contribution in [0.1, 0.15) is 37.8 Å². The van der Waals surface area contributed by atoms with E-state index in [4.69, 9.17) is 0 Å². The van der Waals surface area contributed by atoms with Crippen LogP contribution in [0, 0.1) is 5.92 Å². The summed E-state index contributed by atoms with van der Waals surface area (Å²) in [5.74, 6) is 0.384. The van der Waals surface area contributed by atoms with Gasteiger partial charge in [0.2, 0.25) is 11.8 Å². The van der Waals surface area contributed by atoms with Crippen molar-refractivity contribution in [1.29, 1.82) is 0 Å². The molecule has 4 rings (SSSR count). The summed E-state index contributed by atoms with van der Waals surface area (Å²) in [5, 5.41) is 2.98. The van der Waals surface area contributed by atoms with Crippen molar-refractivity contribution >= 4 is 23.2 Å². The number of likely N-dealkylation sites (N-methyl/N-ethyl adjacent to an activating group) is 1. The molecular formula is C21H25N3O2S. The molecule has 5 nitrogen and oxygen atoms in total. The van der Waals surface area contributed by atoms with Crippen LogP contribution in [-0.2, 0) is 16.1 Å². The molecule has 6 heteroatoms. The molecule has 2 heterocycles. The van der Waals surface area contributed by atoms with Gasteiger partial charge in [-0.05, 0) is 32.1 Å². The zero-order valence-electron chi connectivity index (χ0n) is 15.6. The molecule has 1 aromatic heterocycles. The van der Waals surface area contributed by atoms with Gasteiger partial charge in [0.25, 0.3) is 0 Å². The van der Waals surface area contributed by atoms with Crippen LogP contribution in [0.4, 0.5) is 0 Å². The Balaban J connectivity index is 1.42. The maximum absolute atomic E-state index is 13.0. The molecule has 2 aliphatic rings. The number of carbonyl (C=O) groups excluding carboxylic acids is 2. The van der Waals surface area contributed by atoms with E-state index in [1.807, 2.05) is 47.7 Å². The van der Waals surface area contributed by atoms with Crippen LogP contribution in [-0.4, -0.2) is 46.2 Å². The lowest BCUT2D eigenvalue weighted by atomic mass is 10.00. The molecule has 1 saturated heterocycles. The standard InChI is InChI=1S/C21H25N3O2S/c1-23(13-17-14-27-19(22-17)15-7-3-2-4-8-15)21(26)18-9-5-6-12-24(18)20(25)16-10-11-16/h2-4,7-8,14,16,18H,5-6,9-13H2,1H3/t18-/m1/s1. The SMILES string of the molecule is CN(Cc1csc(-c2ccccc2)n1)C(=O)[C@H]1CCCCN1C(=O)C1CC1. The van der Waals surface area contributed by atoms with Crippen LogP contribution < -0.4 is 0 Å². The molecule has 27 heavy (non-hydrogen) atoms. The maximum Gasteiger partial charge on any atom is 0.245 e. The summed E-state index contributed by atoms with van der Waals surface area (Å²) in [6.07, 6.45) is 4.74. The van der Waals surface area contributed by atoms with E-state index in [1.54, 1.807) is 16.2 Å². The van der Waals surface area contributed by atoms with Crippen molar-refractivity contribution < 1.29 is 9.59 Å². The summed E-state index contributed by atoms with van der Waals surface area (Å²) in [6, 6.07) is 9.77. The average Bonchev–Trinajstić information content (AvgIpc) is 3.46. The molecule has 2 amide bonds.